The maximum absolute atomic E-state index is 11.0. The van der Waals surface area contributed by atoms with E-state index in [2.05, 4.69) is 5.32 Å². The van der Waals surface area contributed by atoms with E-state index in [-0.39, 0.29) is 18.2 Å². The van der Waals surface area contributed by atoms with E-state index in [1.165, 1.54) is 0 Å². The number of rotatable bonds is 5. The van der Waals surface area contributed by atoms with E-state index in [1.807, 2.05) is 13.8 Å². The molecule has 88 valence electrons. The average Bonchev–Trinajstić information content (AvgIpc) is 2.17. The third kappa shape index (κ3) is 3.24. The number of aromatic carboxylic acids is 1. The fraction of sp³-hybridized carbons (Fsp3) is 0.417. The van der Waals surface area contributed by atoms with Gasteiger partial charge in [-0.1, -0.05) is 6.07 Å². The van der Waals surface area contributed by atoms with Crippen LogP contribution in [-0.2, 0) is 0 Å². The van der Waals surface area contributed by atoms with Gasteiger partial charge in [-0.25, -0.2) is 4.79 Å². The van der Waals surface area contributed by atoms with Gasteiger partial charge in [-0.05, 0) is 38.0 Å². The molecule has 0 aromatic heterocycles. The second-order valence-electron chi connectivity index (χ2n) is 3.91. The smallest absolute Gasteiger partial charge is 0.337 e. The van der Waals surface area contributed by atoms with Crippen LogP contribution in [0, 0.1) is 6.92 Å². The van der Waals surface area contributed by atoms with Crippen molar-refractivity contribution in [3.63, 3.8) is 0 Å². The standard InChI is InChI=1S/C12H17NO3/c1-8-3-4-10(12(15)16)11(7-8)13-9(2)5-6-14/h3-4,7,9,13-14H,5-6H2,1-2H3,(H,15,16). The molecule has 1 atom stereocenters. The molecule has 0 aliphatic heterocycles. The van der Waals surface area contributed by atoms with Crippen LogP contribution in [0.2, 0.25) is 0 Å². The van der Waals surface area contributed by atoms with Crippen LogP contribution in [0.25, 0.3) is 0 Å². The van der Waals surface area contributed by atoms with Gasteiger partial charge in [0.25, 0.3) is 0 Å². The molecule has 0 aliphatic carbocycles. The molecule has 4 heteroatoms. The monoisotopic (exact) mass is 223 g/mol. The third-order valence-corrected chi connectivity index (χ3v) is 2.37. The summed E-state index contributed by atoms with van der Waals surface area (Å²) in [5, 5.41) is 20.9. The zero-order valence-electron chi connectivity index (χ0n) is 9.53. The fourth-order valence-electron chi connectivity index (χ4n) is 1.50. The van der Waals surface area contributed by atoms with Crippen molar-refractivity contribution in [2.75, 3.05) is 11.9 Å². The summed E-state index contributed by atoms with van der Waals surface area (Å²) in [5.74, 6) is -0.946. The molecule has 0 amide bonds. The third-order valence-electron chi connectivity index (χ3n) is 2.37. The number of aliphatic hydroxyl groups is 1. The molecular weight excluding hydrogens is 206 g/mol. The molecule has 16 heavy (non-hydrogen) atoms. The molecule has 0 saturated heterocycles. The summed E-state index contributed by atoms with van der Waals surface area (Å²) in [5.41, 5.74) is 1.87. The van der Waals surface area contributed by atoms with Crippen molar-refractivity contribution in [1.29, 1.82) is 0 Å². The van der Waals surface area contributed by atoms with Gasteiger partial charge in [0.2, 0.25) is 0 Å². The molecular formula is C12H17NO3. The van der Waals surface area contributed by atoms with Crippen LogP contribution in [0.1, 0.15) is 29.3 Å². The van der Waals surface area contributed by atoms with E-state index in [9.17, 15) is 4.79 Å². The SMILES string of the molecule is Cc1ccc(C(=O)O)c(NC(C)CCO)c1. The van der Waals surface area contributed by atoms with Crippen LogP contribution in [-0.4, -0.2) is 28.8 Å². The number of nitrogens with one attached hydrogen (secondary N) is 1. The zero-order chi connectivity index (χ0) is 12.1. The van der Waals surface area contributed by atoms with E-state index < -0.39 is 5.97 Å². The quantitative estimate of drug-likeness (QED) is 0.712. The molecule has 0 fully saturated rings. The number of hydrogen-bond acceptors (Lipinski definition) is 3. The van der Waals surface area contributed by atoms with Gasteiger partial charge in [0.1, 0.15) is 0 Å². The lowest BCUT2D eigenvalue weighted by Crippen LogP contribution is -2.18. The maximum atomic E-state index is 11.0. The molecule has 1 rings (SSSR count). The number of carboxylic acid groups (broad SMARTS) is 1. The van der Waals surface area contributed by atoms with Crippen molar-refractivity contribution in [1.82, 2.24) is 0 Å². The van der Waals surface area contributed by atoms with Crippen molar-refractivity contribution in [3.05, 3.63) is 29.3 Å². The van der Waals surface area contributed by atoms with Gasteiger partial charge in [-0.3, -0.25) is 0 Å². The molecule has 4 nitrogen and oxygen atoms in total. The average molecular weight is 223 g/mol. The van der Waals surface area contributed by atoms with Gasteiger partial charge >= 0.3 is 5.97 Å². The summed E-state index contributed by atoms with van der Waals surface area (Å²) in [4.78, 5) is 11.0. The first-order chi connectivity index (χ1) is 7.54. The number of aliphatic hydroxyl groups excluding tert-OH is 1. The molecule has 3 N–H and O–H groups in total. The highest BCUT2D eigenvalue weighted by Gasteiger charge is 2.11. The van der Waals surface area contributed by atoms with Crippen molar-refractivity contribution in [3.8, 4) is 0 Å². The second kappa shape index (κ2) is 5.51. The molecule has 0 radical (unpaired) electrons. The Kier molecular flexibility index (Phi) is 4.31. The van der Waals surface area contributed by atoms with Gasteiger partial charge in [0.15, 0.2) is 0 Å². The topological polar surface area (TPSA) is 69.6 Å². The van der Waals surface area contributed by atoms with Crippen LogP contribution < -0.4 is 5.32 Å². The second-order valence-corrected chi connectivity index (χ2v) is 3.91. The Balaban J connectivity index is 2.92. The maximum Gasteiger partial charge on any atom is 0.337 e. The van der Waals surface area contributed by atoms with Gasteiger partial charge in [0.05, 0.1) is 5.56 Å². The lowest BCUT2D eigenvalue weighted by Gasteiger charge is -2.16. The van der Waals surface area contributed by atoms with Crippen LogP contribution in [0.5, 0.6) is 0 Å². The number of hydrogen-bond donors (Lipinski definition) is 3. The molecule has 1 aromatic carbocycles. The fourth-order valence-corrected chi connectivity index (χ4v) is 1.50. The van der Waals surface area contributed by atoms with E-state index in [4.69, 9.17) is 10.2 Å². The van der Waals surface area contributed by atoms with Crippen LogP contribution >= 0.6 is 0 Å². The Bertz CT molecular complexity index is 377. The van der Waals surface area contributed by atoms with E-state index in [0.717, 1.165) is 5.56 Å². The van der Waals surface area contributed by atoms with Crippen molar-refractivity contribution in [2.45, 2.75) is 26.3 Å². The van der Waals surface area contributed by atoms with E-state index in [0.29, 0.717) is 12.1 Å². The zero-order valence-corrected chi connectivity index (χ0v) is 9.53. The lowest BCUT2D eigenvalue weighted by atomic mass is 10.1. The minimum Gasteiger partial charge on any atom is -0.478 e. The molecule has 1 unspecified atom stereocenters. The Morgan fingerprint density at radius 1 is 1.50 bits per heavy atom. The lowest BCUT2D eigenvalue weighted by molar-refractivity contribution is 0.0698. The summed E-state index contributed by atoms with van der Waals surface area (Å²) < 4.78 is 0. The normalized spacial score (nSPS) is 12.2. The molecule has 0 heterocycles. The number of benzene rings is 1. The van der Waals surface area contributed by atoms with Gasteiger partial charge in [-0.15, -0.1) is 0 Å². The number of aryl methyl sites for hydroxylation is 1. The molecule has 1 aromatic rings. The highest BCUT2D eigenvalue weighted by atomic mass is 16.4. The van der Waals surface area contributed by atoms with Crippen molar-refractivity contribution < 1.29 is 15.0 Å². The first kappa shape index (κ1) is 12.5. The number of carboxylic acids is 1. The summed E-state index contributed by atoms with van der Waals surface area (Å²) in [6.45, 7) is 3.90. The van der Waals surface area contributed by atoms with Crippen LogP contribution in [0.15, 0.2) is 18.2 Å². The van der Waals surface area contributed by atoms with Crippen LogP contribution in [0.3, 0.4) is 0 Å². The first-order valence-corrected chi connectivity index (χ1v) is 5.26. The van der Waals surface area contributed by atoms with Gasteiger partial charge in [0, 0.05) is 18.3 Å². The van der Waals surface area contributed by atoms with Crippen molar-refractivity contribution >= 4 is 11.7 Å². The predicted molar refractivity (Wildman–Crippen MR) is 62.9 cm³/mol. The molecule has 0 saturated carbocycles. The summed E-state index contributed by atoms with van der Waals surface area (Å²) >= 11 is 0. The van der Waals surface area contributed by atoms with Crippen molar-refractivity contribution in [2.24, 2.45) is 0 Å². The minimum absolute atomic E-state index is 0.0462. The Hall–Kier alpha value is -1.55. The minimum atomic E-state index is -0.946. The van der Waals surface area contributed by atoms with E-state index >= 15 is 0 Å². The Morgan fingerprint density at radius 3 is 2.75 bits per heavy atom. The van der Waals surface area contributed by atoms with Gasteiger partial charge < -0.3 is 15.5 Å². The molecule has 0 bridgehead atoms. The van der Waals surface area contributed by atoms with Crippen LogP contribution in [0.4, 0.5) is 5.69 Å². The summed E-state index contributed by atoms with van der Waals surface area (Å²) in [7, 11) is 0. The number of carbonyl (C=O) groups is 1. The highest BCUT2D eigenvalue weighted by Crippen LogP contribution is 2.19. The summed E-state index contributed by atoms with van der Waals surface area (Å²) in [6.07, 6.45) is 0.590. The predicted octanol–water partition coefficient (Wildman–Crippen LogP) is 1.88. The molecule has 0 spiro atoms. The molecule has 0 aliphatic rings. The Labute approximate surface area is 94.9 Å². The number of anilines is 1. The largest absolute Gasteiger partial charge is 0.478 e. The highest BCUT2D eigenvalue weighted by molar-refractivity contribution is 5.94. The first-order valence-electron chi connectivity index (χ1n) is 5.26. The Morgan fingerprint density at radius 2 is 2.19 bits per heavy atom. The van der Waals surface area contributed by atoms with E-state index in [1.54, 1.807) is 18.2 Å². The van der Waals surface area contributed by atoms with Gasteiger partial charge in [-0.2, -0.15) is 0 Å². The summed E-state index contributed by atoms with van der Waals surface area (Å²) in [6, 6.07) is 5.21.